The van der Waals surface area contributed by atoms with Crippen LogP contribution in [-0.4, -0.2) is 4.40 Å². The van der Waals surface area contributed by atoms with Gasteiger partial charge in [0.1, 0.15) is 11.2 Å². The van der Waals surface area contributed by atoms with Gasteiger partial charge in [-0.1, -0.05) is 72.8 Å². The van der Waals surface area contributed by atoms with Crippen LogP contribution in [0, 0.1) is 22.7 Å². The summed E-state index contributed by atoms with van der Waals surface area (Å²) in [7, 11) is 0. The minimum absolute atomic E-state index is 0.655. The maximum atomic E-state index is 9.35. The van der Waals surface area contributed by atoms with Crippen LogP contribution in [0.25, 0.3) is 115 Å². The lowest BCUT2D eigenvalue weighted by Crippen LogP contribution is -1.85. The van der Waals surface area contributed by atoms with Gasteiger partial charge in [0.15, 0.2) is 0 Å². The SMILES string of the molecule is N#Cc1ccc(-c2ccc3cc4c5cc(-c6ccc7oc8ccccc8c7c6)cc6c7cc8ccc(-c9ccc(C#N)cc9)cc8cc7n(c4cc3c2)c56)cc1. The van der Waals surface area contributed by atoms with Crippen molar-refractivity contribution in [1.29, 1.82) is 10.5 Å². The maximum Gasteiger partial charge on any atom is 0.135 e. The monoisotopic (exact) mass is 709 g/mol. The molecule has 0 fully saturated rings. The van der Waals surface area contributed by atoms with Crippen LogP contribution in [0.5, 0.6) is 0 Å². The standard InChI is InChI=1S/C52H27N3O/c53-28-30-5-9-32(10-6-30)34-13-15-36-21-43-46-24-41(38-17-18-51-45(23-38)42-3-1-2-4-50(42)56-51)25-47-44-22-37-16-14-35(33-11-7-31(29-54)8-12-33)20-40(37)27-49(44)55(52(46)47)48(43)26-39(36)19-34/h1-27H. The van der Waals surface area contributed by atoms with Gasteiger partial charge in [-0.25, -0.2) is 0 Å². The quantitative estimate of drug-likeness (QED) is 0.183. The van der Waals surface area contributed by atoms with Crippen molar-refractivity contribution in [3.8, 4) is 45.5 Å². The highest BCUT2D eigenvalue weighted by molar-refractivity contribution is 6.27. The average molecular weight is 710 g/mol. The number of furan rings is 1. The Bertz CT molecular complexity index is 3520. The Kier molecular flexibility index (Phi) is 6.16. The first-order valence-corrected chi connectivity index (χ1v) is 18.7. The van der Waals surface area contributed by atoms with Crippen molar-refractivity contribution in [2.45, 2.75) is 0 Å². The summed E-state index contributed by atoms with van der Waals surface area (Å²) >= 11 is 0. The van der Waals surface area contributed by atoms with Gasteiger partial charge in [0.2, 0.25) is 0 Å². The third kappa shape index (κ3) is 4.39. The Labute approximate surface area is 320 Å². The molecule has 0 saturated carbocycles. The van der Waals surface area contributed by atoms with Crippen LogP contribution in [0.3, 0.4) is 0 Å². The smallest absolute Gasteiger partial charge is 0.135 e. The van der Waals surface area contributed by atoms with Gasteiger partial charge in [0.25, 0.3) is 0 Å². The zero-order valence-corrected chi connectivity index (χ0v) is 29.8. The molecular weight excluding hydrogens is 683 g/mol. The Balaban J connectivity index is 1.14. The van der Waals surface area contributed by atoms with Crippen LogP contribution in [0.15, 0.2) is 168 Å². The van der Waals surface area contributed by atoms with Crippen LogP contribution in [0.1, 0.15) is 11.1 Å². The molecular formula is C52H27N3O. The van der Waals surface area contributed by atoms with E-state index in [1.54, 1.807) is 0 Å². The van der Waals surface area contributed by atoms with E-state index in [-0.39, 0.29) is 0 Å². The number of nitrogens with zero attached hydrogens (tertiary/aromatic N) is 3. The Morgan fingerprint density at radius 2 is 0.839 bits per heavy atom. The number of hydrogen-bond acceptors (Lipinski definition) is 3. The summed E-state index contributed by atoms with van der Waals surface area (Å²) in [5.41, 5.74) is 13.4. The number of rotatable bonds is 3. The molecule has 4 heteroatoms. The van der Waals surface area contributed by atoms with Gasteiger partial charge in [-0.3, -0.25) is 0 Å². The van der Waals surface area contributed by atoms with Crippen molar-refractivity contribution in [2.75, 3.05) is 0 Å². The molecule has 0 atom stereocenters. The fourth-order valence-electron chi connectivity index (χ4n) is 8.94. The van der Waals surface area contributed by atoms with Gasteiger partial charge >= 0.3 is 0 Å². The topological polar surface area (TPSA) is 65.1 Å². The number of benzene rings is 9. The molecule has 4 nitrogen and oxygen atoms in total. The van der Waals surface area contributed by atoms with Crippen molar-refractivity contribution in [2.24, 2.45) is 0 Å². The van der Waals surface area contributed by atoms with E-state index in [4.69, 9.17) is 4.42 Å². The predicted molar refractivity (Wildman–Crippen MR) is 229 cm³/mol. The highest BCUT2D eigenvalue weighted by atomic mass is 16.3. The molecule has 0 unspecified atom stereocenters. The second-order valence-corrected chi connectivity index (χ2v) is 14.8. The molecule has 0 amide bonds. The molecule has 12 aromatic rings. The summed E-state index contributed by atoms with van der Waals surface area (Å²) in [4.78, 5) is 0. The number of hydrogen-bond donors (Lipinski definition) is 0. The first kappa shape index (κ1) is 30.5. The molecule has 3 aromatic heterocycles. The molecule has 0 spiro atoms. The lowest BCUT2D eigenvalue weighted by atomic mass is 9.95. The van der Waals surface area contributed by atoms with E-state index >= 15 is 0 Å². The second-order valence-electron chi connectivity index (χ2n) is 14.8. The van der Waals surface area contributed by atoms with E-state index in [1.165, 1.54) is 54.4 Å². The molecule has 0 bridgehead atoms. The summed E-state index contributed by atoms with van der Waals surface area (Å²) in [6.45, 7) is 0. The van der Waals surface area contributed by atoms with E-state index in [0.29, 0.717) is 11.1 Å². The molecule has 3 heterocycles. The molecule has 12 rings (SSSR count). The van der Waals surface area contributed by atoms with Crippen molar-refractivity contribution < 1.29 is 4.42 Å². The van der Waals surface area contributed by atoms with E-state index < -0.39 is 0 Å². The number of nitriles is 2. The summed E-state index contributed by atoms with van der Waals surface area (Å²) in [5.74, 6) is 0. The van der Waals surface area contributed by atoms with E-state index in [9.17, 15) is 10.5 Å². The number of aromatic nitrogens is 1. The number of fused-ring (bicyclic) bond motifs is 11. The first-order chi connectivity index (χ1) is 27.6. The van der Waals surface area contributed by atoms with Crippen LogP contribution < -0.4 is 0 Å². The van der Waals surface area contributed by atoms with Gasteiger partial charge in [0, 0.05) is 32.3 Å². The summed E-state index contributed by atoms with van der Waals surface area (Å²) in [6.07, 6.45) is 0. The second kappa shape index (κ2) is 11.3. The Morgan fingerprint density at radius 1 is 0.357 bits per heavy atom. The number of para-hydroxylation sites is 1. The summed E-state index contributed by atoms with van der Waals surface area (Å²) < 4.78 is 8.67. The van der Waals surface area contributed by atoms with Gasteiger partial charge in [-0.05, 0) is 146 Å². The lowest BCUT2D eigenvalue weighted by molar-refractivity contribution is 0.669. The zero-order valence-electron chi connectivity index (χ0n) is 29.8. The summed E-state index contributed by atoms with van der Waals surface area (Å²) in [5, 5.41) is 30.5. The average Bonchev–Trinajstić information content (AvgIpc) is 3.90. The minimum Gasteiger partial charge on any atom is -0.456 e. The maximum absolute atomic E-state index is 9.35. The molecule has 0 N–H and O–H groups in total. The fraction of sp³-hybridized carbons (Fsp3) is 0. The third-order valence-electron chi connectivity index (χ3n) is 11.7. The Hall–Kier alpha value is -7.92. The van der Waals surface area contributed by atoms with Crippen molar-refractivity contribution in [3.05, 3.63) is 175 Å². The highest BCUT2D eigenvalue weighted by Gasteiger charge is 2.21. The van der Waals surface area contributed by atoms with Gasteiger partial charge in [0.05, 0.1) is 39.8 Å². The van der Waals surface area contributed by atoms with Crippen molar-refractivity contribution in [3.63, 3.8) is 0 Å². The van der Waals surface area contributed by atoms with Crippen LogP contribution >= 0.6 is 0 Å². The van der Waals surface area contributed by atoms with Crippen LogP contribution in [0.2, 0.25) is 0 Å². The van der Waals surface area contributed by atoms with Crippen molar-refractivity contribution in [1.82, 2.24) is 4.40 Å². The lowest BCUT2D eigenvalue weighted by Gasteiger charge is -2.08. The van der Waals surface area contributed by atoms with E-state index in [2.05, 4.69) is 120 Å². The molecule has 0 saturated heterocycles. The van der Waals surface area contributed by atoms with Gasteiger partial charge in [-0.2, -0.15) is 10.5 Å². The molecule has 0 aliphatic rings. The van der Waals surface area contributed by atoms with Gasteiger partial charge < -0.3 is 8.82 Å². The normalized spacial score (nSPS) is 11.9. The zero-order chi connectivity index (χ0) is 37.1. The first-order valence-electron chi connectivity index (χ1n) is 18.7. The van der Waals surface area contributed by atoms with Crippen LogP contribution in [-0.2, 0) is 0 Å². The fourth-order valence-corrected chi connectivity index (χ4v) is 8.94. The minimum atomic E-state index is 0.655. The molecule has 9 aromatic carbocycles. The largest absolute Gasteiger partial charge is 0.456 e. The van der Waals surface area contributed by atoms with Crippen LogP contribution in [0.4, 0.5) is 0 Å². The Morgan fingerprint density at radius 3 is 1.41 bits per heavy atom. The van der Waals surface area contributed by atoms with Crippen molar-refractivity contribution >= 4 is 81.6 Å². The summed E-state index contributed by atoms with van der Waals surface area (Å²) in [6, 6.07) is 62.3. The third-order valence-corrected chi connectivity index (χ3v) is 11.7. The molecule has 0 aliphatic heterocycles. The predicted octanol–water partition coefficient (Wildman–Crippen LogP) is 13.8. The molecule has 256 valence electrons. The molecule has 0 radical (unpaired) electrons. The molecule has 56 heavy (non-hydrogen) atoms. The highest BCUT2D eigenvalue weighted by Crippen LogP contribution is 2.45. The molecule has 0 aliphatic carbocycles. The van der Waals surface area contributed by atoms with E-state index in [0.717, 1.165) is 60.5 Å². The van der Waals surface area contributed by atoms with Gasteiger partial charge in [-0.15, -0.1) is 0 Å². The van der Waals surface area contributed by atoms with E-state index in [1.807, 2.05) is 60.7 Å².